The van der Waals surface area contributed by atoms with Crippen LogP contribution in [0.1, 0.15) is 38.7 Å². The third kappa shape index (κ3) is 4.74. The number of carbonyl (C=O) groups is 1. The van der Waals surface area contributed by atoms with Crippen molar-refractivity contribution in [3.63, 3.8) is 0 Å². The zero-order valence-corrected chi connectivity index (χ0v) is 12.9. The molecule has 4 heteroatoms. The van der Waals surface area contributed by atoms with E-state index in [0.717, 1.165) is 18.4 Å². The molecular formula is C17H26N2O2. The van der Waals surface area contributed by atoms with Crippen LogP contribution in [-0.2, 0) is 11.2 Å². The number of rotatable bonds is 4. The first-order valence-corrected chi connectivity index (χ1v) is 7.78. The van der Waals surface area contributed by atoms with Gasteiger partial charge in [0.05, 0.1) is 6.04 Å². The molecule has 0 aliphatic heterocycles. The summed E-state index contributed by atoms with van der Waals surface area (Å²) < 4.78 is 0. The Hall–Kier alpha value is -1.55. The zero-order chi connectivity index (χ0) is 15.4. The predicted molar refractivity (Wildman–Crippen MR) is 83.9 cm³/mol. The first kappa shape index (κ1) is 15.8. The highest BCUT2D eigenvalue weighted by molar-refractivity contribution is 5.82. The molecule has 1 aromatic carbocycles. The van der Waals surface area contributed by atoms with Gasteiger partial charge in [-0.25, -0.2) is 0 Å². The van der Waals surface area contributed by atoms with E-state index in [1.165, 1.54) is 6.42 Å². The highest BCUT2D eigenvalue weighted by Gasteiger charge is 2.26. The summed E-state index contributed by atoms with van der Waals surface area (Å²) in [4.78, 5) is 12.2. The topological polar surface area (TPSA) is 75.4 Å². The lowest BCUT2D eigenvalue weighted by Gasteiger charge is -2.32. The van der Waals surface area contributed by atoms with Crippen molar-refractivity contribution < 1.29 is 9.90 Å². The normalized spacial score (nSPS) is 27.1. The fourth-order valence-corrected chi connectivity index (χ4v) is 3.35. The molecule has 1 aromatic rings. The van der Waals surface area contributed by atoms with Crippen molar-refractivity contribution in [1.29, 1.82) is 0 Å². The van der Waals surface area contributed by atoms with Crippen LogP contribution in [0.5, 0.6) is 5.75 Å². The van der Waals surface area contributed by atoms with Crippen LogP contribution in [0.3, 0.4) is 0 Å². The lowest BCUT2D eigenvalue weighted by molar-refractivity contribution is -0.123. The van der Waals surface area contributed by atoms with Crippen LogP contribution in [0, 0.1) is 11.8 Å². The number of aromatic hydroxyl groups is 1. The third-order valence-corrected chi connectivity index (χ3v) is 4.25. The number of nitrogens with one attached hydrogen (secondary N) is 1. The fraction of sp³-hybridized carbons (Fsp3) is 0.588. The van der Waals surface area contributed by atoms with Crippen LogP contribution in [0.15, 0.2) is 24.3 Å². The van der Waals surface area contributed by atoms with Crippen LogP contribution in [-0.4, -0.2) is 23.1 Å². The predicted octanol–water partition coefficient (Wildman–Crippen LogP) is 2.20. The smallest absolute Gasteiger partial charge is 0.237 e. The molecule has 4 N–H and O–H groups in total. The molecule has 1 aliphatic carbocycles. The summed E-state index contributed by atoms with van der Waals surface area (Å²) in [6, 6.07) is 6.54. The summed E-state index contributed by atoms with van der Waals surface area (Å²) in [5.41, 5.74) is 6.96. The van der Waals surface area contributed by atoms with E-state index in [0.29, 0.717) is 18.3 Å². The molecule has 0 bridgehead atoms. The monoisotopic (exact) mass is 290 g/mol. The number of amides is 1. The molecule has 0 spiro atoms. The average molecular weight is 290 g/mol. The summed E-state index contributed by atoms with van der Waals surface area (Å²) in [6.45, 7) is 4.48. The van der Waals surface area contributed by atoms with Gasteiger partial charge in [-0.1, -0.05) is 26.0 Å². The molecule has 3 unspecified atom stereocenters. The quantitative estimate of drug-likeness (QED) is 0.795. The maximum Gasteiger partial charge on any atom is 0.237 e. The number of nitrogens with two attached hydrogens (primary N) is 1. The Morgan fingerprint density at radius 1 is 1.24 bits per heavy atom. The van der Waals surface area contributed by atoms with Gasteiger partial charge in [0.1, 0.15) is 5.75 Å². The Morgan fingerprint density at radius 3 is 2.38 bits per heavy atom. The van der Waals surface area contributed by atoms with Gasteiger partial charge in [0, 0.05) is 6.04 Å². The number of hydrogen-bond acceptors (Lipinski definition) is 3. The fourth-order valence-electron chi connectivity index (χ4n) is 3.35. The van der Waals surface area contributed by atoms with Gasteiger partial charge >= 0.3 is 0 Å². The standard InChI is InChI=1S/C17H26N2O2/c1-11-7-12(2)9-14(8-11)19-17(21)16(18)10-13-3-5-15(20)6-4-13/h3-6,11-12,14,16,20H,7-10,18H2,1-2H3,(H,19,21). The molecule has 3 atom stereocenters. The Labute approximate surface area is 126 Å². The zero-order valence-electron chi connectivity index (χ0n) is 12.9. The second-order valence-corrected chi connectivity index (χ2v) is 6.60. The van der Waals surface area contributed by atoms with Crippen LogP contribution >= 0.6 is 0 Å². The van der Waals surface area contributed by atoms with Gasteiger partial charge in [0.15, 0.2) is 0 Å². The highest BCUT2D eigenvalue weighted by atomic mass is 16.3. The lowest BCUT2D eigenvalue weighted by Crippen LogP contribution is -2.48. The van der Waals surface area contributed by atoms with Crippen molar-refractivity contribution in [3.8, 4) is 5.75 Å². The lowest BCUT2D eigenvalue weighted by atomic mass is 9.80. The molecule has 1 fully saturated rings. The maximum atomic E-state index is 12.2. The molecule has 21 heavy (non-hydrogen) atoms. The Balaban J connectivity index is 1.86. The number of phenolic OH excluding ortho intramolecular Hbond substituents is 1. The van der Waals surface area contributed by atoms with Crippen molar-refractivity contribution in [1.82, 2.24) is 5.32 Å². The second kappa shape index (κ2) is 6.94. The van der Waals surface area contributed by atoms with E-state index >= 15 is 0 Å². The molecule has 1 aliphatic rings. The molecule has 1 saturated carbocycles. The minimum Gasteiger partial charge on any atom is -0.508 e. The molecule has 1 amide bonds. The van der Waals surface area contributed by atoms with Gasteiger partial charge in [0.2, 0.25) is 5.91 Å². The van der Waals surface area contributed by atoms with Gasteiger partial charge in [-0.15, -0.1) is 0 Å². The highest BCUT2D eigenvalue weighted by Crippen LogP contribution is 2.28. The van der Waals surface area contributed by atoms with Crippen LogP contribution in [0.4, 0.5) is 0 Å². The van der Waals surface area contributed by atoms with Crippen molar-refractivity contribution in [2.24, 2.45) is 17.6 Å². The number of phenols is 1. The summed E-state index contributed by atoms with van der Waals surface area (Å²) in [7, 11) is 0. The van der Waals surface area contributed by atoms with Crippen molar-refractivity contribution in [2.45, 2.75) is 51.6 Å². The van der Waals surface area contributed by atoms with Gasteiger partial charge in [-0.05, 0) is 55.2 Å². The first-order valence-electron chi connectivity index (χ1n) is 7.78. The summed E-state index contributed by atoms with van der Waals surface area (Å²) in [5.74, 6) is 1.47. The van der Waals surface area contributed by atoms with Crippen LogP contribution < -0.4 is 11.1 Å². The molecule has 0 saturated heterocycles. The van der Waals surface area contributed by atoms with Crippen LogP contribution in [0.25, 0.3) is 0 Å². The Morgan fingerprint density at radius 2 is 1.81 bits per heavy atom. The van der Waals surface area contributed by atoms with E-state index in [1.54, 1.807) is 24.3 Å². The first-order chi connectivity index (χ1) is 9.94. The van der Waals surface area contributed by atoms with E-state index in [1.807, 2.05) is 0 Å². The number of carbonyl (C=O) groups excluding carboxylic acids is 1. The van der Waals surface area contributed by atoms with E-state index in [4.69, 9.17) is 5.73 Å². The van der Waals surface area contributed by atoms with Gasteiger partial charge in [-0.2, -0.15) is 0 Å². The second-order valence-electron chi connectivity index (χ2n) is 6.60. The van der Waals surface area contributed by atoms with Crippen molar-refractivity contribution in [3.05, 3.63) is 29.8 Å². The molecule has 0 radical (unpaired) electrons. The largest absolute Gasteiger partial charge is 0.508 e. The minimum absolute atomic E-state index is 0.0747. The van der Waals surface area contributed by atoms with E-state index in [-0.39, 0.29) is 17.7 Å². The molecule has 0 heterocycles. The third-order valence-electron chi connectivity index (χ3n) is 4.25. The van der Waals surface area contributed by atoms with Gasteiger partial charge in [-0.3, -0.25) is 4.79 Å². The number of benzene rings is 1. The minimum atomic E-state index is -0.540. The van der Waals surface area contributed by atoms with Crippen LogP contribution in [0.2, 0.25) is 0 Å². The summed E-state index contributed by atoms with van der Waals surface area (Å²) in [6.07, 6.45) is 3.82. The van der Waals surface area contributed by atoms with E-state index in [9.17, 15) is 9.90 Å². The Kier molecular flexibility index (Phi) is 5.23. The van der Waals surface area contributed by atoms with Gasteiger partial charge < -0.3 is 16.2 Å². The van der Waals surface area contributed by atoms with E-state index < -0.39 is 6.04 Å². The molecule has 0 aromatic heterocycles. The summed E-state index contributed by atoms with van der Waals surface area (Å²) >= 11 is 0. The van der Waals surface area contributed by atoms with Crippen molar-refractivity contribution >= 4 is 5.91 Å². The molecule has 2 rings (SSSR count). The maximum absolute atomic E-state index is 12.2. The van der Waals surface area contributed by atoms with Crippen molar-refractivity contribution in [2.75, 3.05) is 0 Å². The SMILES string of the molecule is CC1CC(C)CC(NC(=O)C(N)Cc2ccc(O)cc2)C1. The average Bonchev–Trinajstić information content (AvgIpc) is 2.40. The number of hydrogen-bond donors (Lipinski definition) is 3. The Bertz CT molecular complexity index is 462. The summed E-state index contributed by atoms with van der Waals surface area (Å²) in [5, 5.41) is 12.4. The van der Waals surface area contributed by atoms with E-state index in [2.05, 4.69) is 19.2 Å². The molecule has 4 nitrogen and oxygen atoms in total. The molecule has 116 valence electrons. The molecular weight excluding hydrogens is 264 g/mol. The van der Waals surface area contributed by atoms with Gasteiger partial charge in [0.25, 0.3) is 0 Å².